The van der Waals surface area contributed by atoms with E-state index < -0.39 is 5.82 Å². The number of ether oxygens (including phenoxy) is 1. The van der Waals surface area contributed by atoms with Crippen molar-refractivity contribution in [3.8, 4) is 28.5 Å². The van der Waals surface area contributed by atoms with E-state index in [-0.39, 0.29) is 23.1 Å². The Balaban J connectivity index is 1.42. The number of hydrogen-bond donors (Lipinski definition) is 1. The number of halogens is 1. The molecule has 1 amide bonds. The van der Waals surface area contributed by atoms with Crippen LogP contribution in [0.25, 0.3) is 33.6 Å². The second kappa shape index (κ2) is 10.2. The Morgan fingerprint density at radius 2 is 1.90 bits per heavy atom. The van der Waals surface area contributed by atoms with Crippen molar-refractivity contribution in [2.75, 3.05) is 32.6 Å². The van der Waals surface area contributed by atoms with Gasteiger partial charge in [-0.2, -0.15) is 5.26 Å². The van der Waals surface area contributed by atoms with E-state index in [2.05, 4.69) is 16.4 Å². The van der Waals surface area contributed by atoms with Gasteiger partial charge in [-0.25, -0.2) is 4.39 Å². The van der Waals surface area contributed by atoms with Gasteiger partial charge in [-0.3, -0.25) is 9.78 Å². The molecule has 7 nitrogen and oxygen atoms in total. The number of rotatable bonds is 6. The number of pyridine rings is 1. The van der Waals surface area contributed by atoms with Gasteiger partial charge in [-0.15, -0.1) is 0 Å². The van der Waals surface area contributed by atoms with Crippen LogP contribution in [0.5, 0.6) is 0 Å². The van der Waals surface area contributed by atoms with Gasteiger partial charge in [0.25, 0.3) is 5.91 Å². The summed E-state index contributed by atoms with van der Waals surface area (Å²) < 4.78 is 26.9. The highest BCUT2D eigenvalue weighted by Gasteiger charge is 2.30. The molecule has 39 heavy (non-hydrogen) atoms. The van der Waals surface area contributed by atoms with Crippen LogP contribution in [-0.2, 0) is 4.74 Å². The van der Waals surface area contributed by atoms with Crippen molar-refractivity contribution in [2.24, 2.45) is 0 Å². The summed E-state index contributed by atoms with van der Waals surface area (Å²) in [4.78, 5) is 18.3. The fourth-order valence-electron chi connectivity index (χ4n) is 5.21. The number of nitriles is 1. The summed E-state index contributed by atoms with van der Waals surface area (Å²) in [6.45, 7) is 1.43. The normalized spacial score (nSPS) is 15.7. The monoisotopic (exact) mass is 524 g/mol. The number of hydrogen-bond acceptors (Lipinski definition) is 6. The van der Waals surface area contributed by atoms with Crippen LogP contribution in [0.2, 0.25) is 0 Å². The molecule has 1 N–H and O–H groups in total. The third-order valence-corrected chi connectivity index (χ3v) is 7.49. The number of carbonyl (C=O) groups excluding carboxylic acids is 1. The molecule has 2 aliphatic rings. The fourth-order valence-corrected chi connectivity index (χ4v) is 5.21. The summed E-state index contributed by atoms with van der Waals surface area (Å²) in [7, 11) is 3.26. The first kappa shape index (κ1) is 25.1. The molecule has 2 aromatic heterocycles. The minimum Gasteiger partial charge on any atom is -0.454 e. The van der Waals surface area contributed by atoms with Gasteiger partial charge in [-0.1, -0.05) is 6.07 Å². The zero-order chi connectivity index (χ0) is 27.1. The zero-order valence-corrected chi connectivity index (χ0v) is 22.0. The molecule has 2 aromatic carbocycles. The molecule has 0 bridgehead atoms. The Hall–Kier alpha value is -4.22. The first-order valence-electron chi connectivity index (χ1n) is 13.3. The molecule has 1 aliphatic heterocycles. The molecule has 1 aliphatic carbocycles. The van der Waals surface area contributed by atoms with E-state index in [1.165, 1.54) is 11.0 Å². The van der Waals surface area contributed by atoms with Crippen LogP contribution >= 0.6 is 0 Å². The number of furan rings is 1. The molecule has 1 saturated carbocycles. The third kappa shape index (κ3) is 4.86. The number of aromatic nitrogens is 1. The fraction of sp³-hybridized carbons (Fsp3) is 0.323. The average Bonchev–Trinajstić information content (AvgIpc) is 3.71. The smallest absolute Gasteiger partial charge is 0.253 e. The van der Waals surface area contributed by atoms with E-state index in [0.29, 0.717) is 41.6 Å². The van der Waals surface area contributed by atoms with Crippen LogP contribution < -0.4 is 5.32 Å². The van der Waals surface area contributed by atoms with Crippen LogP contribution in [-0.4, -0.2) is 49.1 Å². The Labute approximate surface area is 226 Å². The maximum absolute atomic E-state index is 15.2. The molecule has 1 saturated heterocycles. The van der Waals surface area contributed by atoms with Crippen LogP contribution in [0, 0.1) is 17.1 Å². The van der Waals surface area contributed by atoms with Crippen molar-refractivity contribution in [2.45, 2.75) is 37.6 Å². The Morgan fingerprint density at radius 3 is 2.59 bits per heavy atom. The standard InChI is InChI=1S/C31H29FN4O3/c1-36(2)31(37)20-5-7-23(25(32)14-20)28-15-27-30(39-28)29(24(17-34-27)18-3-4-18)19-6-8-26(21(13-19)16-33)35-22-9-11-38-12-10-22/h5-8,13-15,17-18,22,35H,3-4,9-12H2,1-2H3. The lowest BCUT2D eigenvalue weighted by atomic mass is 9.95. The number of carbonyl (C=O) groups is 1. The molecule has 0 atom stereocenters. The summed E-state index contributed by atoms with van der Waals surface area (Å²) in [6.07, 6.45) is 5.82. The van der Waals surface area contributed by atoms with E-state index >= 15 is 4.39 Å². The van der Waals surface area contributed by atoms with E-state index in [9.17, 15) is 10.1 Å². The van der Waals surface area contributed by atoms with E-state index in [1.807, 2.05) is 24.4 Å². The minimum absolute atomic E-state index is 0.260. The summed E-state index contributed by atoms with van der Waals surface area (Å²) in [6, 6.07) is 14.6. The van der Waals surface area contributed by atoms with Gasteiger partial charge in [0.2, 0.25) is 0 Å². The van der Waals surface area contributed by atoms with Gasteiger partial charge in [0.15, 0.2) is 5.58 Å². The lowest BCUT2D eigenvalue weighted by Gasteiger charge is -2.24. The van der Waals surface area contributed by atoms with Crippen LogP contribution in [0.4, 0.5) is 10.1 Å². The summed E-state index contributed by atoms with van der Waals surface area (Å²) >= 11 is 0. The van der Waals surface area contributed by atoms with Gasteiger partial charge in [-0.05, 0) is 73.1 Å². The number of benzene rings is 2. The molecule has 0 radical (unpaired) electrons. The number of anilines is 1. The van der Waals surface area contributed by atoms with Gasteiger partial charge in [0.1, 0.15) is 23.2 Å². The summed E-state index contributed by atoms with van der Waals surface area (Å²) in [5.41, 5.74) is 5.91. The molecule has 2 fully saturated rings. The van der Waals surface area contributed by atoms with Gasteiger partial charge < -0.3 is 19.4 Å². The second-order valence-electron chi connectivity index (χ2n) is 10.5. The first-order valence-corrected chi connectivity index (χ1v) is 13.3. The van der Waals surface area contributed by atoms with Crippen molar-refractivity contribution in [1.82, 2.24) is 9.88 Å². The van der Waals surface area contributed by atoms with Crippen molar-refractivity contribution in [1.29, 1.82) is 5.26 Å². The van der Waals surface area contributed by atoms with Crippen molar-refractivity contribution < 1.29 is 18.3 Å². The minimum atomic E-state index is -0.541. The average molecular weight is 525 g/mol. The number of nitrogens with zero attached hydrogens (tertiary/aromatic N) is 3. The first-order chi connectivity index (χ1) is 18.9. The molecule has 198 valence electrons. The summed E-state index contributed by atoms with van der Waals surface area (Å²) in [5.74, 6) is -0.0948. The molecule has 8 heteroatoms. The van der Waals surface area contributed by atoms with E-state index in [0.717, 1.165) is 48.1 Å². The SMILES string of the molecule is CN(C)C(=O)c1ccc(-c2cc3ncc(C4CC4)c(-c4ccc(NC5CCOCC5)c(C#N)c4)c3o2)c(F)c1. The van der Waals surface area contributed by atoms with Gasteiger partial charge in [0, 0.05) is 56.7 Å². The maximum atomic E-state index is 15.2. The Kier molecular flexibility index (Phi) is 6.53. The van der Waals surface area contributed by atoms with Crippen LogP contribution in [0.1, 0.15) is 53.1 Å². The Bertz CT molecular complexity index is 1610. The molecule has 4 aromatic rings. The van der Waals surface area contributed by atoms with Crippen molar-refractivity contribution in [3.63, 3.8) is 0 Å². The zero-order valence-electron chi connectivity index (χ0n) is 22.0. The highest BCUT2D eigenvalue weighted by atomic mass is 19.1. The molecular formula is C31H29FN4O3. The van der Waals surface area contributed by atoms with Gasteiger partial charge >= 0.3 is 0 Å². The van der Waals surface area contributed by atoms with E-state index in [4.69, 9.17) is 9.15 Å². The predicted octanol–water partition coefficient (Wildman–Crippen LogP) is 6.34. The van der Waals surface area contributed by atoms with E-state index in [1.54, 1.807) is 32.3 Å². The summed E-state index contributed by atoms with van der Waals surface area (Å²) in [5, 5.41) is 13.5. The second-order valence-corrected chi connectivity index (χ2v) is 10.5. The maximum Gasteiger partial charge on any atom is 0.253 e. The van der Waals surface area contributed by atoms with Crippen LogP contribution in [0.15, 0.2) is 53.1 Å². The molecule has 3 heterocycles. The molecule has 0 unspecified atom stereocenters. The topological polar surface area (TPSA) is 91.4 Å². The van der Waals surface area contributed by atoms with Crippen LogP contribution in [0.3, 0.4) is 0 Å². The van der Waals surface area contributed by atoms with Crippen molar-refractivity contribution >= 4 is 22.7 Å². The van der Waals surface area contributed by atoms with Gasteiger partial charge in [0.05, 0.1) is 16.8 Å². The lowest BCUT2D eigenvalue weighted by Crippen LogP contribution is -2.28. The quantitative estimate of drug-likeness (QED) is 0.316. The number of fused-ring (bicyclic) bond motifs is 1. The number of amides is 1. The Morgan fingerprint density at radius 1 is 1.10 bits per heavy atom. The highest BCUT2D eigenvalue weighted by molar-refractivity contribution is 5.96. The molecule has 0 spiro atoms. The molecular weight excluding hydrogens is 495 g/mol. The lowest BCUT2D eigenvalue weighted by molar-refractivity contribution is 0.0827. The highest BCUT2D eigenvalue weighted by Crippen LogP contribution is 2.47. The van der Waals surface area contributed by atoms with Crippen molar-refractivity contribution in [3.05, 3.63) is 71.2 Å². The third-order valence-electron chi connectivity index (χ3n) is 7.49. The number of nitrogens with one attached hydrogen (secondary N) is 1. The predicted molar refractivity (Wildman–Crippen MR) is 147 cm³/mol. The molecule has 6 rings (SSSR count). The largest absolute Gasteiger partial charge is 0.454 e.